The Hall–Kier alpha value is -8.47. The number of anilines is 3. The lowest BCUT2D eigenvalue weighted by Gasteiger charge is -2.43. The van der Waals surface area contributed by atoms with Crippen LogP contribution in [0.2, 0.25) is 0 Å². The molecule has 10 aromatic carbocycles. The summed E-state index contributed by atoms with van der Waals surface area (Å²) in [5, 5.41) is 0. The van der Waals surface area contributed by atoms with Gasteiger partial charge in [-0.05, 0) is 97.1 Å². The van der Waals surface area contributed by atoms with Crippen molar-refractivity contribution < 1.29 is 14.2 Å². The van der Waals surface area contributed by atoms with E-state index in [-0.39, 0.29) is 13.4 Å². The van der Waals surface area contributed by atoms with Gasteiger partial charge in [-0.3, -0.25) is 0 Å². The standard InChI is InChI=1S/C60H37B2NO3/c1-4-18-38(19-5-1)42-24-10-11-25-43(42)41-34-51-58-57(35-41)65-53-31-15-12-28-46(53)61(58)48-36-49-56(66-55-33-17-32-54-59(55)62(49)47-29-13-14-30-52(47)64-54)37-50(48)63(51)60-44(39-20-6-2-7-21-39)26-16-27-45(60)40-22-8-3-9-23-40/h1-37H. The van der Waals surface area contributed by atoms with E-state index in [4.69, 9.17) is 14.2 Å². The molecule has 0 atom stereocenters. The average Bonchev–Trinajstić information content (AvgIpc) is 3.38. The minimum atomic E-state index is -0.147. The highest BCUT2D eigenvalue weighted by atomic mass is 16.5. The molecule has 4 heterocycles. The SMILES string of the molecule is c1ccc(-c2ccccc2-c2cc3c4c(c2)N(c2c(-c5ccccc5)cccc2-c2ccccc2)c2cc5c(cc2B4c2ccccc2O3)B2c3ccccc3Oc3cccc(c32)O5)cc1. The quantitative estimate of drug-likeness (QED) is 0.162. The van der Waals surface area contributed by atoms with Gasteiger partial charge in [0.15, 0.2) is 0 Å². The Labute approximate surface area is 384 Å². The van der Waals surface area contributed by atoms with Crippen molar-refractivity contribution in [3.05, 3.63) is 224 Å². The van der Waals surface area contributed by atoms with Crippen molar-refractivity contribution in [1.82, 2.24) is 0 Å². The summed E-state index contributed by atoms with van der Waals surface area (Å²) in [6.45, 7) is -0.237. The van der Waals surface area contributed by atoms with Gasteiger partial charge in [0.2, 0.25) is 0 Å². The van der Waals surface area contributed by atoms with Crippen LogP contribution in [0.25, 0.3) is 44.5 Å². The van der Waals surface area contributed by atoms with E-state index in [9.17, 15) is 0 Å². The van der Waals surface area contributed by atoms with Gasteiger partial charge in [-0.25, -0.2) is 0 Å². The number of nitrogens with zero attached hydrogens (tertiary/aromatic N) is 1. The summed E-state index contributed by atoms with van der Waals surface area (Å²) in [4.78, 5) is 2.52. The van der Waals surface area contributed by atoms with Crippen LogP contribution in [0.15, 0.2) is 224 Å². The van der Waals surface area contributed by atoms with Gasteiger partial charge in [-0.2, -0.15) is 0 Å². The van der Waals surface area contributed by atoms with Crippen LogP contribution in [0.5, 0.6) is 34.5 Å². The summed E-state index contributed by atoms with van der Waals surface area (Å²) in [5.74, 6) is 5.06. The molecular weight excluding hydrogens is 804 g/mol. The molecule has 4 aliphatic rings. The lowest BCUT2D eigenvalue weighted by molar-refractivity contribution is 0.464. The normalized spacial score (nSPS) is 13.1. The number of hydrogen-bond acceptors (Lipinski definition) is 4. The second kappa shape index (κ2) is 14.5. The van der Waals surface area contributed by atoms with Crippen LogP contribution in [-0.4, -0.2) is 13.4 Å². The second-order valence-corrected chi connectivity index (χ2v) is 17.5. The molecule has 0 fully saturated rings. The number of hydrogen-bond donors (Lipinski definition) is 0. The van der Waals surface area contributed by atoms with Gasteiger partial charge < -0.3 is 19.1 Å². The van der Waals surface area contributed by atoms with E-state index in [1.54, 1.807) is 0 Å². The van der Waals surface area contributed by atoms with Crippen LogP contribution < -0.4 is 51.9 Å². The summed E-state index contributed by atoms with van der Waals surface area (Å²) < 4.78 is 20.9. The summed E-state index contributed by atoms with van der Waals surface area (Å²) in [5.41, 5.74) is 19.0. The zero-order valence-electron chi connectivity index (χ0n) is 35.7. The Morgan fingerprint density at radius 2 is 0.727 bits per heavy atom. The van der Waals surface area contributed by atoms with Crippen LogP contribution in [0, 0.1) is 0 Å². The predicted molar refractivity (Wildman–Crippen MR) is 272 cm³/mol. The summed E-state index contributed by atoms with van der Waals surface area (Å²) in [6.07, 6.45) is 0. The van der Waals surface area contributed by atoms with E-state index in [0.29, 0.717) is 0 Å². The molecule has 0 radical (unpaired) electrons. The number of para-hydroxylation sites is 3. The minimum absolute atomic E-state index is 0.0899. The Kier molecular flexibility index (Phi) is 8.14. The van der Waals surface area contributed by atoms with Crippen LogP contribution in [-0.2, 0) is 0 Å². The number of ether oxygens (including phenoxy) is 3. The third-order valence-electron chi connectivity index (χ3n) is 13.9. The molecule has 4 aliphatic heterocycles. The lowest BCUT2D eigenvalue weighted by Crippen LogP contribution is -2.62. The van der Waals surface area contributed by atoms with E-state index in [1.165, 1.54) is 5.46 Å². The highest BCUT2D eigenvalue weighted by molar-refractivity contribution is 7.01. The maximum atomic E-state index is 7.17. The van der Waals surface area contributed by atoms with Gasteiger partial charge in [0.05, 0.1) is 5.69 Å². The van der Waals surface area contributed by atoms with Gasteiger partial charge in [-0.15, -0.1) is 0 Å². The first-order valence-electron chi connectivity index (χ1n) is 22.6. The van der Waals surface area contributed by atoms with Gasteiger partial charge >= 0.3 is 0 Å². The van der Waals surface area contributed by atoms with Crippen LogP contribution in [0.1, 0.15) is 0 Å². The largest absolute Gasteiger partial charge is 0.458 e. The van der Waals surface area contributed by atoms with Crippen molar-refractivity contribution in [2.24, 2.45) is 0 Å². The van der Waals surface area contributed by atoms with Crippen molar-refractivity contribution in [2.45, 2.75) is 0 Å². The molecule has 0 aromatic heterocycles. The van der Waals surface area contributed by atoms with Crippen molar-refractivity contribution in [3.63, 3.8) is 0 Å². The minimum Gasteiger partial charge on any atom is -0.458 e. The first-order chi connectivity index (χ1) is 32.7. The van der Waals surface area contributed by atoms with Crippen LogP contribution in [0.4, 0.5) is 17.1 Å². The van der Waals surface area contributed by atoms with Gasteiger partial charge in [0.1, 0.15) is 34.5 Å². The lowest BCUT2D eigenvalue weighted by atomic mass is 9.31. The maximum absolute atomic E-state index is 7.17. The summed E-state index contributed by atoms with van der Waals surface area (Å²) in [6, 6.07) is 80.3. The van der Waals surface area contributed by atoms with E-state index >= 15 is 0 Å². The Morgan fingerprint density at radius 3 is 1.35 bits per heavy atom. The highest BCUT2D eigenvalue weighted by Gasteiger charge is 2.47. The number of rotatable bonds is 5. The smallest absolute Gasteiger partial charge is 0.260 e. The van der Waals surface area contributed by atoms with Crippen molar-refractivity contribution in [1.29, 1.82) is 0 Å². The van der Waals surface area contributed by atoms with Gasteiger partial charge in [-0.1, -0.05) is 182 Å². The maximum Gasteiger partial charge on any atom is 0.260 e. The number of benzene rings is 10. The van der Waals surface area contributed by atoms with Gasteiger partial charge in [0, 0.05) is 34.0 Å². The molecule has 14 rings (SSSR count). The van der Waals surface area contributed by atoms with Crippen molar-refractivity contribution >= 4 is 63.3 Å². The fourth-order valence-electron chi connectivity index (χ4n) is 11.1. The molecule has 0 aliphatic carbocycles. The number of fused-ring (bicyclic) bond motifs is 8. The molecule has 10 aromatic rings. The monoisotopic (exact) mass is 841 g/mol. The molecule has 0 bridgehead atoms. The fraction of sp³-hybridized carbons (Fsp3) is 0. The molecule has 0 N–H and O–H groups in total. The molecule has 0 amide bonds. The first-order valence-corrected chi connectivity index (χ1v) is 22.6. The molecule has 0 saturated heterocycles. The third kappa shape index (κ3) is 5.55. The van der Waals surface area contributed by atoms with E-state index in [0.717, 1.165) is 123 Å². The molecule has 4 nitrogen and oxygen atoms in total. The molecule has 66 heavy (non-hydrogen) atoms. The summed E-state index contributed by atoms with van der Waals surface area (Å²) in [7, 11) is 0. The topological polar surface area (TPSA) is 30.9 Å². The Balaban J connectivity index is 1.11. The molecule has 6 heteroatoms. The van der Waals surface area contributed by atoms with Crippen molar-refractivity contribution in [3.8, 4) is 79.0 Å². The van der Waals surface area contributed by atoms with Crippen molar-refractivity contribution in [2.75, 3.05) is 4.90 Å². The first kappa shape index (κ1) is 37.0. The van der Waals surface area contributed by atoms with Crippen LogP contribution >= 0.6 is 0 Å². The third-order valence-corrected chi connectivity index (χ3v) is 13.9. The zero-order valence-corrected chi connectivity index (χ0v) is 35.7. The predicted octanol–water partition coefficient (Wildman–Crippen LogP) is 11.5. The Morgan fingerprint density at radius 1 is 0.273 bits per heavy atom. The molecule has 306 valence electrons. The molecule has 0 spiro atoms. The highest BCUT2D eigenvalue weighted by Crippen LogP contribution is 2.51. The van der Waals surface area contributed by atoms with Gasteiger partial charge in [0.25, 0.3) is 13.4 Å². The molecule has 0 saturated carbocycles. The Bertz CT molecular complexity index is 3540. The molecule has 0 unspecified atom stereocenters. The second-order valence-electron chi connectivity index (χ2n) is 17.5. The van der Waals surface area contributed by atoms with E-state index in [1.807, 2.05) is 6.07 Å². The molecular formula is C60H37B2NO3. The zero-order chi connectivity index (χ0) is 43.3. The average molecular weight is 842 g/mol. The fourth-order valence-corrected chi connectivity index (χ4v) is 11.1. The summed E-state index contributed by atoms with van der Waals surface area (Å²) >= 11 is 0. The van der Waals surface area contributed by atoms with Crippen LogP contribution in [0.3, 0.4) is 0 Å². The van der Waals surface area contributed by atoms with E-state index in [2.05, 4.69) is 223 Å². The van der Waals surface area contributed by atoms with E-state index < -0.39 is 0 Å².